The molecule has 1 heterocycles. The van der Waals surface area contributed by atoms with Crippen LogP contribution in [0.25, 0.3) is 0 Å². The Morgan fingerprint density at radius 1 is 1.50 bits per heavy atom. The summed E-state index contributed by atoms with van der Waals surface area (Å²) in [4.78, 5) is 12.3. The Morgan fingerprint density at radius 2 is 2.32 bits per heavy atom. The van der Waals surface area contributed by atoms with Crippen molar-refractivity contribution >= 4 is 5.91 Å². The van der Waals surface area contributed by atoms with Gasteiger partial charge in [-0.3, -0.25) is 4.79 Å². The van der Waals surface area contributed by atoms with E-state index >= 15 is 0 Å². The lowest BCUT2D eigenvalue weighted by atomic mass is 10.1. The van der Waals surface area contributed by atoms with E-state index in [1.54, 1.807) is 18.2 Å². The van der Waals surface area contributed by atoms with Crippen LogP contribution >= 0.6 is 0 Å². The largest absolute Gasteiger partial charge is 0.493 e. The number of amides is 1. The highest BCUT2D eigenvalue weighted by molar-refractivity contribution is 5.95. The standard InChI is InChI=1S/C16H23NO5/c1-11(13-4-3-8-21-13)17-16(19)12-5-6-14(20-2)15(10-12)22-9-7-18/h5-6,10-11,13,18H,3-4,7-9H2,1-2H3,(H,17,19)/t11-,13+/m0/s1. The van der Waals surface area contributed by atoms with Crippen LogP contribution in [-0.2, 0) is 4.74 Å². The van der Waals surface area contributed by atoms with Crippen LogP contribution < -0.4 is 14.8 Å². The van der Waals surface area contributed by atoms with Gasteiger partial charge in [-0.25, -0.2) is 0 Å². The zero-order chi connectivity index (χ0) is 15.9. The minimum absolute atomic E-state index is 0.0427. The normalized spacial score (nSPS) is 18.8. The van der Waals surface area contributed by atoms with Gasteiger partial charge in [-0.05, 0) is 38.0 Å². The van der Waals surface area contributed by atoms with Gasteiger partial charge in [0.2, 0.25) is 0 Å². The van der Waals surface area contributed by atoms with E-state index in [1.807, 2.05) is 6.92 Å². The van der Waals surface area contributed by atoms with Crippen molar-refractivity contribution in [3.05, 3.63) is 23.8 Å². The van der Waals surface area contributed by atoms with E-state index in [0.29, 0.717) is 17.1 Å². The number of rotatable bonds is 7. The molecule has 2 N–H and O–H groups in total. The van der Waals surface area contributed by atoms with E-state index in [9.17, 15) is 4.79 Å². The summed E-state index contributed by atoms with van der Waals surface area (Å²) in [5.41, 5.74) is 0.485. The number of carbonyl (C=O) groups excluding carboxylic acids is 1. The van der Waals surface area contributed by atoms with Crippen LogP contribution in [0.2, 0.25) is 0 Å². The minimum Gasteiger partial charge on any atom is -0.493 e. The summed E-state index contributed by atoms with van der Waals surface area (Å²) in [6.45, 7) is 2.75. The molecule has 1 fully saturated rings. The molecule has 1 saturated heterocycles. The van der Waals surface area contributed by atoms with Crippen molar-refractivity contribution in [2.75, 3.05) is 26.9 Å². The number of aliphatic hydroxyl groups is 1. The highest BCUT2D eigenvalue weighted by atomic mass is 16.5. The van der Waals surface area contributed by atoms with Gasteiger partial charge >= 0.3 is 0 Å². The number of hydrogen-bond donors (Lipinski definition) is 2. The SMILES string of the molecule is COc1ccc(C(=O)N[C@@H](C)[C@H]2CCCO2)cc1OCCO. The molecule has 6 heteroatoms. The van der Waals surface area contributed by atoms with Gasteiger partial charge in [-0.1, -0.05) is 0 Å². The number of hydrogen-bond acceptors (Lipinski definition) is 5. The van der Waals surface area contributed by atoms with Gasteiger partial charge in [0.25, 0.3) is 5.91 Å². The molecule has 0 spiro atoms. The van der Waals surface area contributed by atoms with Crippen LogP contribution in [-0.4, -0.2) is 50.1 Å². The summed E-state index contributed by atoms with van der Waals surface area (Å²) in [5.74, 6) is 0.783. The molecule has 1 aliphatic rings. The third-order valence-electron chi connectivity index (χ3n) is 3.66. The first-order chi connectivity index (χ1) is 10.7. The molecule has 2 atom stereocenters. The molecule has 1 aromatic carbocycles. The quantitative estimate of drug-likeness (QED) is 0.795. The summed E-state index contributed by atoms with van der Waals surface area (Å²) in [5, 5.41) is 11.8. The van der Waals surface area contributed by atoms with Crippen LogP contribution in [0.15, 0.2) is 18.2 Å². The molecule has 22 heavy (non-hydrogen) atoms. The van der Waals surface area contributed by atoms with Crippen molar-refractivity contribution in [2.24, 2.45) is 0 Å². The smallest absolute Gasteiger partial charge is 0.251 e. The number of carbonyl (C=O) groups is 1. The Morgan fingerprint density at radius 3 is 2.95 bits per heavy atom. The van der Waals surface area contributed by atoms with Crippen LogP contribution in [0.3, 0.4) is 0 Å². The Labute approximate surface area is 130 Å². The average molecular weight is 309 g/mol. The molecule has 0 unspecified atom stereocenters. The van der Waals surface area contributed by atoms with Gasteiger partial charge in [-0.15, -0.1) is 0 Å². The second-order valence-electron chi connectivity index (χ2n) is 5.25. The maximum atomic E-state index is 12.3. The fraction of sp³-hybridized carbons (Fsp3) is 0.562. The van der Waals surface area contributed by atoms with Crippen LogP contribution in [0.1, 0.15) is 30.1 Å². The molecule has 0 saturated carbocycles. The first kappa shape index (κ1) is 16.6. The molecule has 0 aliphatic carbocycles. The Hall–Kier alpha value is -1.79. The molecular formula is C16H23NO5. The summed E-state index contributed by atoms with van der Waals surface area (Å²) < 4.78 is 16.2. The molecule has 0 radical (unpaired) electrons. The zero-order valence-electron chi connectivity index (χ0n) is 13.0. The average Bonchev–Trinajstić information content (AvgIpc) is 3.07. The lowest BCUT2D eigenvalue weighted by molar-refractivity contribution is 0.0712. The number of ether oxygens (including phenoxy) is 3. The van der Waals surface area contributed by atoms with E-state index in [0.717, 1.165) is 19.4 Å². The fourth-order valence-corrected chi connectivity index (χ4v) is 2.47. The first-order valence-electron chi connectivity index (χ1n) is 7.50. The lowest BCUT2D eigenvalue weighted by Gasteiger charge is -2.20. The maximum Gasteiger partial charge on any atom is 0.251 e. The number of aliphatic hydroxyl groups excluding tert-OH is 1. The Kier molecular flexibility index (Phi) is 6.03. The first-order valence-corrected chi connectivity index (χ1v) is 7.50. The van der Waals surface area contributed by atoms with Gasteiger partial charge in [0.05, 0.1) is 25.9 Å². The van der Waals surface area contributed by atoms with Crippen molar-refractivity contribution in [3.63, 3.8) is 0 Å². The molecule has 1 amide bonds. The van der Waals surface area contributed by atoms with Crippen LogP contribution in [0, 0.1) is 0 Å². The second-order valence-corrected chi connectivity index (χ2v) is 5.25. The Balaban J connectivity index is 2.04. The number of methoxy groups -OCH3 is 1. The molecule has 0 aromatic heterocycles. The molecule has 2 rings (SSSR count). The third kappa shape index (κ3) is 4.11. The van der Waals surface area contributed by atoms with Crippen molar-refractivity contribution in [2.45, 2.75) is 31.9 Å². The summed E-state index contributed by atoms with van der Waals surface area (Å²) >= 11 is 0. The van der Waals surface area contributed by atoms with E-state index in [1.165, 1.54) is 7.11 Å². The monoisotopic (exact) mass is 309 g/mol. The second kappa shape index (κ2) is 8.00. The highest BCUT2D eigenvalue weighted by Gasteiger charge is 2.24. The molecule has 1 aromatic rings. The van der Waals surface area contributed by atoms with Crippen molar-refractivity contribution in [3.8, 4) is 11.5 Å². The minimum atomic E-state index is -0.181. The number of benzene rings is 1. The fourth-order valence-electron chi connectivity index (χ4n) is 2.47. The van der Waals surface area contributed by atoms with Crippen molar-refractivity contribution in [1.82, 2.24) is 5.32 Å². The van der Waals surface area contributed by atoms with Gasteiger partial charge < -0.3 is 24.6 Å². The topological polar surface area (TPSA) is 77.0 Å². The molecule has 122 valence electrons. The molecule has 1 aliphatic heterocycles. The van der Waals surface area contributed by atoms with Crippen molar-refractivity contribution in [1.29, 1.82) is 0 Å². The third-order valence-corrected chi connectivity index (χ3v) is 3.66. The Bertz CT molecular complexity index is 499. The van der Waals surface area contributed by atoms with Gasteiger partial charge in [0.15, 0.2) is 11.5 Å². The molecule has 6 nitrogen and oxygen atoms in total. The van der Waals surface area contributed by atoms with Gasteiger partial charge in [-0.2, -0.15) is 0 Å². The summed E-state index contributed by atoms with van der Waals surface area (Å²) in [7, 11) is 1.53. The summed E-state index contributed by atoms with van der Waals surface area (Å²) in [6.07, 6.45) is 2.08. The predicted octanol–water partition coefficient (Wildman–Crippen LogP) is 1.36. The lowest BCUT2D eigenvalue weighted by Crippen LogP contribution is -2.40. The highest BCUT2D eigenvalue weighted by Crippen LogP contribution is 2.28. The van der Waals surface area contributed by atoms with E-state index < -0.39 is 0 Å². The van der Waals surface area contributed by atoms with Crippen molar-refractivity contribution < 1.29 is 24.1 Å². The molecule has 0 bridgehead atoms. The number of nitrogens with one attached hydrogen (secondary N) is 1. The van der Waals surface area contributed by atoms with Crippen LogP contribution in [0.5, 0.6) is 11.5 Å². The van der Waals surface area contributed by atoms with E-state index in [4.69, 9.17) is 19.3 Å². The predicted molar refractivity (Wildman–Crippen MR) is 81.5 cm³/mol. The van der Waals surface area contributed by atoms with Gasteiger partial charge in [0, 0.05) is 12.2 Å². The maximum absolute atomic E-state index is 12.3. The molecular weight excluding hydrogens is 286 g/mol. The van der Waals surface area contributed by atoms with Gasteiger partial charge in [0.1, 0.15) is 6.61 Å². The van der Waals surface area contributed by atoms with E-state index in [-0.39, 0.29) is 31.3 Å². The zero-order valence-corrected chi connectivity index (χ0v) is 13.0. The van der Waals surface area contributed by atoms with Crippen LogP contribution in [0.4, 0.5) is 0 Å². The van der Waals surface area contributed by atoms with E-state index in [2.05, 4.69) is 5.32 Å². The summed E-state index contributed by atoms with van der Waals surface area (Å²) in [6, 6.07) is 4.94.